The molecule has 4 atom stereocenters. The van der Waals surface area contributed by atoms with E-state index in [1.54, 1.807) is 0 Å². The van der Waals surface area contributed by atoms with Gasteiger partial charge in [-0.3, -0.25) is 24.6 Å². The second-order valence-corrected chi connectivity index (χ2v) is 7.55. The number of carboxylic acids is 1. The summed E-state index contributed by atoms with van der Waals surface area (Å²) in [6.07, 6.45) is 3.95. The summed E-state index contributed by atoms with van der Waals surface area (Å²) in [5, 5.41) is 13.1. The minimum absolute atomic E-state index is 0.0601. The summed E-state index contributed by atoms with van der Waals surface area (Å²) in [6, 6.07) is 9.07. The van der Waals surface area contributed by atoms with Gasteiger partial charge in [-0.2, -0.15) is 0 Å². The number of rotatable bonds is 5. The van der Waals surface area contributed by atoms with Gasteiger partial charge < -0.3 is 5.11 Å². The molecule has 2 heterocycles. The Morgan fingerprint density at radius 2 is 1.92 bits per heavy atom. The van der Waals surface area contributed by atoms with Crippen LogP contribution in [0.1, 0.15) is 25.8 Å². The molecule has 0 spiro atoms. The second-order valence-electron chi connectivity index (χ2n) is 7.55. The van der Waals surface area contributed by atoms with E-state index in [-0.39, 0.29) is 18.2 Å². The fourth-order valence-corrected chi connectivity index (χ4v) is 4.25. The molecule has 2 aliphatic heterocycles. The molecular formula is C20H24N2O4. The molecule has 1 aromatic carbocycles. The molecule has 0 radical (unpaired) electrons. The predicted octanol–water partition coefficient (Wildman–Crippen LogP) is 1.77. The molecule has 2 aliphatic rings. The number of carboxylic acid groups (broad SMARTS) is 1. The Morgan fingerprint density at radius 1 is 1.27 bits per heavy atom. The molecule has 2 fully saturated rings. The van der Waals surface area contributed by atoms with Crippen molar-refractivity contribution >= 4 is 23.9 Å². The SMILES string of the molecule is CC(C)CC1(C(=O)O)NC(C=Cc2ccccc2)C2C(=O)N(C)C(=O)C21. The van der Waals surface area contributed by atoms with Crippen molar-refractivity contribution in [2.75, 3.05) is 7.05 Å². The zero-order valence-corrected chi connectivity index (χ0v) is 15.2. The van der Waals surface area contributed by atoms with Crippen molar-refractivity contribution in [3.05, 3.63) is 42.0 Å². The fraction of sp³-hybridized carbons (Fsp3) is 0.450. The van der Waals surface area contributed by atoms with E-state index in [2.05, 4.69) is 5.32 Å². The molecule has 4 unspecified atom stereocenters. The number of benzene rings is 1. The van der Waals surface area contributed by atoms with Crippen molar-refractivity contribution < 1.29 is 19.5 Å². The predicted molar refractivity (Wildman–Crippen MR) is 97.0 cm³/mol. The molecule has 2 amide bonds. The van der Waals surface area contributed by atoms with E-state index in [9.17, 15) is 19.5 Å². The number of hydrogen-bond donors (Lipinski definition) is 2. The van der Waals surface area contributed by atoms with Crippen LogP contribution in [-0.2, 0) is 14.4 Å². The number of nitrogens with one attached hydrogen (secondary N) is 1. The highest BCUT2D eigenvalue weighted by atomic mass is 16.4. The zero-order chi connectivity index (χ0) is 19.1. The number of hydrogen-bond acceptors (Lipinski definition) is 4. The van der Waals surface area contributed by atoms with Crippen molar-refractivity contribution in [3.8, 4) is 0 Å². The standard InChI is InChI=1S/C20H24N2O4/c1-12(2)11-20(19(25)26)16-15(17(23)22(3)18(16)24)14(21-20)10-9-13-7-5-4-6-8-13/h4-10,12,14-16,21H,11H2,1-3H3,(H,25,26). The maximum Gasteiger partial charge on any atom is 0.324 e. The summed E-state index contributed by atoms with van der Waals surface area (Å²) >= 11 is 0. The van der Waals surface area contributed by atoms with Gasteiger partial charge in [-0.1, -0.05) is 56.3 Å². The number of fused-ring (bicyclic) bond motifs is 1. The highest BCUT2D eigenvalue weighted by Gasteiger charge is 2.67. The Balaban J connectivity index is 2.01. The number of imide groups is 1. The van der Waals surface area contributed by atoms with Crippen molar-refractivity contribution in [1.82, 2.24) is 10.2 Å². The van der Waals surface area contributed by atoms with Crippen LogP contribution in [0.15, 0.2) is 36.4 Å². The van der Waals surface area contributed by atoms with Crippen molar-refractivity contribution in [2.45, 2.75) is 31.8 Å². The third-order valence-corrected chi connectivity index (χ3v) is 5.32. The van der Waals surface area contributed by atoms with E-state index in [1.165, 1.54) is 7.05 Å². The maximum atomic E-state index is 12.7. The van der Waals surface area contributed by atoms with E-state index in [0.717, 1.165) is 10.5 Å². The minimum atomic E-state index is -1.43. The van der Waals surface area contributed by atoms with Crippen LogP contribution in [-0.4, -0.2) is 46.4 Å². The molecule has 0 bridgehead atoms. The Hall–Kier alpha value is -2.47. The Labute approximate surface area is 152 Å². The molecule has 6 heteroatoms. The Morgan fingerprint density at radius 3 is 2.50 bits per heavy atom. The fourth-order valence-electron chi connectivity index (χ4n) is 4.25. The van der Waals surface area contributed by atoms with Gasteiger partial charge in [0.25, 0.3) is 0 Å². The lowest BCUT2D eigenvalue weighted by atomic mass is 9.75. The molecule has 0 saturated carbocycles. The van der Waals surface area contributed by atoms with Crippen LogP contribution >= 0.6 is 0 Å². The highest BCUT2D eigenvalue weighted by Crippen LogP contribution is 2.45. The van der Waals surface area contributed by atoms with E-state index in [1.807, 2.05) is 56.3 Å². The lowest BCUT2D eigenvalue weighted by molar-refractivity contribution is -0.151. The number of carbonyl (C=O) groups excluding carboxylic acids is 2. The summed E-state index contributed by atoms with van der Waals surface area (Å²) in [6.45, 7) is 3.83. The first-order valence-corrected chi connectivity index (χ1v) is 8.83. The summed E-state index contributed by atoms with van der Waals surface area (Å²) in [5.41, 5.74) is -0.477. The van der Waals surface area contributed by atoms with Crippen molar-refractivity contribution in [1.29, 1.82) is 0 Å². The molecule has 2 saturated heterocycles. The van der Waals surface area contributed by atoms with Gasteiger partial charge in [-0.25, -0.2) is 0 Å². The van der Waals surface area contributed by atoms with Crippen molar-refractivity contribution in [3.63, 3.8) is 0 Å². The summed E-state index contributed by atoms with van der Waals surface area (Å²) in [5.74, 6) is -3.32. The van der Waals surface area contributed by atoms with Gasteiger partial charge in [0, 0.05) is 13.1 Å². The van der Waals surface area contributed by atoms with Gasteiger partial charge in [0.15, 0.2) is 0 Å². The van der Waals surface area contributed by atoms with E-state index in [4.69, 9.17) is 0 Å². The number of likely N-dealkylation sites (tertiary alicyclic amines) is 1. The average Bonchev–Trinajstić information content (AvgIpc) is 3.04. The third-order valence-electron chi connectivity index (χ3n) is 5.32. The van der Waals surface area contributed by atoms with E-state index >= 15 is 0 Å². The van der Waals surface area contributed by atoms with Crippen LogP contribution in [0.4, 0.5) is 0 Å². The molecule has 6 nitrogen and oxygen atoms in total. The molecule has 26 heavy (non-hydrogen) atoms. The Bertz CT molecular complexity index is 758. The van der Waals surface area contributed by atoms with Gasteiger partial charge in [0.1, 0.15) is 5.54 Å². The first kappa shape index (κ1) is 18.3. The minimum Gasteiger partial charge on any atom is -0.480 e. The van der Waals surface area contributed by atoms with E-state index in [0.29, 0.717) is 0 Å². The molecule has 0 aliphatic carbocycles. The van der Waals surface area contributed by atoms with Gasteiger partial charge in [0.2, 0.25) is 11.8 Å². The molecular weight excluding hydrogens is 332 g/mol. The zero-order valence-electron chi connectivity index (χ0n) is 15.2. The van der Waals surface area contributed by atoms with Crippen LogP contribution in [0.3, 0.4) is 0 Å². The van der Waals surface area contributed by atoms with Gasteiger partial charge >= 0.3 is 5.97 Å². The van der Waals surface area contributed by atoms with Gasteiger partial charge in [-0.05, 0) is 17.9 Å². The average molecular weight is 356 g/mol. The Kier molecular flexibility index (Phi) is 4.71. The van der Waals surface area contributed by atoms with Crippen LogP contribution in [0.25, 0.3) is 6.08 Å². The van der Waals surface area contributed by atoms with Crippen molar-refractivity contribution in [2.24, 2.45) is 17.8 Å². The van der Waals surface area contributed by atoms with Gasteiger partial charge in [0.05, 0.1) is 11.8 Å². The summed E-state index contributed by atoms with van der Waals surface area (Å²) in [7, 11) is 1.43. The number of amides is 2. The normalized spacial score (nSPS) is 31.2. The quantitative estimate of drug-likeness (QED) is 0.785. The lowest BCUT2D eigenvalue weighted by Crippen LogP contribution is -2.57. The largest absolute Gasteiger partial charge is 0.480 e. The lowest BCUT2D eigenvalue weighted by Gasteiger charge is -2.31. The number of nitrogens with zero attached hydrogens (tertiary/aromatic N) is 1. The second kappa shape index (κ2) is 6.68. The first-order chi connectivity index (χ1) is 12.3. The molecule has 1 aromatic rings. The molecule has 0 aromatic heterocycles. The number of carbonyl (C=O) groups is 3. The molecule has 3 rings (SSSR count). The smallest absolute Gasteiger partial charge is 0.324 e. The monoisotopic (exact) mass is 356 g/mol. The first-order valence-electron chi connectivity index (χ1n) is 8.83. The van der Waals surface area contributed by atoms with Crippen LogP contribution in [0, 0.1) is 17.8 Å². The molecule has 2 N–H and O–H groups in total. The van der Waals surface area contributed by atoms with Crippen LogP contribution < -0.4 is 5.32 Å². The number of aliphatic carboxylic acids is 1. The van der Waals surface area contributed by atoms with Gasteiger partial charge in [-0.15, -0.1) is 0 Å². The maximum absolute atomic E-state index is 12.7. The summed E-state index contributed by atoms with van der Waals surface area (Å²) < 4.78 is 0. The third kappa shape index (κ3) is 2.84. The topological polar surface area (TPSA) is 86.7 Å². The van der Waals surface area contributed by atoms with E-state index < -0.39 is 35.3 Å². The van der Waals surface area contributed by atoms with Crippen LogP contribution in [0.5, 0.6) is 0 Å². The summed E-state index contributed by atoms with van der Waals surface area (Å²) in [4.78, 5) is 38.6. The highest BCUT2D eigenvalue weighted by molar-refractivity contribution is 6.09. The van der Waals surface area contributed by atoms with Crippen LogP contribution in [0.2, 0.25) is 0 Å². The molecule has 138 valence electrons.